The number of benzene rings is 1. The molecule has 0 saturated heterocycles. The van der Waals surface area contributed by atoms with Gasteiger partial charge in [0.1, 0.15) is 6.04 Å². The molecule has 0 bridgehead atoms. The second-order valence-corrected chi connectivity index (χ2v) is 11.3. The van der Waals surface area contributed by atoms with Crippen molar-refractivity contribution in [3.63, 3.8) is 0 Å². The van der Waals surface area contributed by atoms with Gasteiger partial charge in [0.15, 0.2) is 11.5 Å². The Hall–Kier alpha value is -2.94. The molecule has 0 fully saturated rings. The molecule has 9 nitrogen and oxygen atoms in total. The maximum absolute atomic E-state index is 12.9. The number of carbonyl (C=O) groups excluding carboxylic acids is 3. The maximum atomic E-state index is 12.9. The van der Waals surface area contributed by atoms with Gasteiger partial charge in [0.05, 0.1) is 23.4 Å². The Kier molecular flexibility index (Phi) is 12.0. The molecule has 0 spiro atoms. The number of ether oxygens (including phenoxy) is 3. The lowest BCUT2D eigenvalue weighted by Crippen LogP contribution is -2.41. The molecular formula is C29H45NO8. The quantitative estimate of drug-likeness (QED) is 0.246. The second-order valence-electron chi connectivity index (χ2n) is 11.3. The summed E-state index contributed by atoms with van der Waals surface area (Å²) in [5.74, 6) is -4.19. The van der Waals surface area contributed by atoms with Crippen LogP contribution in [0, 0.1) is 22.7 Å². The third-order valence-corrected chi connectivity index (χ3v) is 7.42. The van der Waals surface area contributed by atoms with Crippen LogP contribution in [0.25, 0.3) is 0 Å². The average Bonchev–Trinajstić information content (AvgIpc) is 2.87. The molecule has 0 heterocycles. The van der Waals surface area contributed by atoms with Gasteiger partial charge in [-0.1, -0.05) is 40.7 Å². The summed E-state index contributed by atoms with van der Waals surface area (Å²) in [4.78, 5) is 49.9. The van der Waals surface area contributed by atoms with Crippen molar-refractivity contribution in [3.8, 4) is 11.5 Å². The highest BCUT2D eigenvalue weighted by Gasteiger charge is 2.35. The van der Waals surface area contributed by atoms with E-state index in [9.17, 15) is 24.3 Å². The van der Waals surface area contributed by atoms with Gasteiger partial charge in [-0.05, 0) is 70.6 Å². The Labute approximate surface area is 226 Å². The zero-order valence-corrected chi connectivity index (χ0v) is 24.3. The fourth-order valence-electron chi connectivity index (χ4n) is 3.33. The van der Waals surface area contributed by atoms with Crippen LogP contribution in [0.4, 0.5) is 0 Å². The van der Waals surface area contributed by atoms with Crippen LogP contribution in [0.1, 0.15) is 93.1 Å². The minimum absolute atomic E-state index is 0.0133. The van der Waals surface area contributed by atoms with Gasteiger partial charge < -0.3 is 25.1 Å². The van der Waals surface area contributed by atoms with Crippen LogP contribution in [0.3, 0.4) is 0 Å². The molecule has 214 valence electrons. The molecular weight excluding hydrogens is 490 g/mol. The number of rotatable bonds is 14. The minimum Gasteiger partial charge on any atom is -0.480 e. The molecule has 1 aromatic rings. The highest BCUT2D eigenvalue weighted by molar-refractivity contribution is 5.82. The van der Waals surface area contributed by atoms with Crippen LogP contribution < -0.4 is 15.2 Å². The van der Waals surface area contributed by atoms with Gasteiger partial charge in [0.25, 0.3) is 0 Å². The van der Waals surface area contributed by atoms with Crippen molar-refractivity contribution in [1.29, 1.82) is 0 Å². The Morgan fingerprint density at radius 1 is 0.895 bits per heavy atom. The second kappa shape index (κ2) is 13.7. The van der Waals surface area contributed by atoms with Gasteiger partial charge in [-0.25, -0.2) is 0 Å². The van der Waals surface area contributed by atoms with Crippen molar-refractivity contribution in [2.75, 3.05) is 6.61 Å². The van der Waals surface area contributed by atoms with E-state index >= 15 is 0 Å². The summed E-state index contributed by atoms with van der Waals surface area (Å²) in [5.41, 5.74) is 4.95. The number of nitrogens with two attached hydrogens (primary N) is 1. The predicted octanol–water partition coefficient (Wildman–Crippen LogP) is 5.09. The normalized spacial score (nSPS) is 15.1. The molecule has 9 heteroatoms. The first-order chi connectivity index (χ1) is 17.5. The van der Waals surface area contributed by atoms with Crippen molar-refractivity contribution in [2.24, 2.45) is 28.4 Å². The monoisotopic (exact) mass is 535 g/mol. The number of hydrogen-bond donors (Lipinski definition) is 2. The van der Waals surface area contributed by atoms with E-state index in [1.54, 1.807) is 47.6 Å². The molecule has 0 aromatic heterocycles. The number of carboxylic acids is 1. The lowest BCUT2D eigenvalue weighted by atomic mass is 9.82. The zero-order valence-electron chi connectivity index (χ0n) is 24.3. The number of aliphatic carboxylic acids is 1. The van der Waals surface area contributed by atoms with Crippen molar-refractivity contribution >= 4 is 23.9 Å². The molecule has 0 aliphatic rings. The van der Waals surface area contributed by atoms with Crippen LogP contribution in [0.5, 0.6) is 11.5 Å². The molecule has 1 rings (SSSR count). The van der Waals surface area contributed by atoms with Crippen LogP contribution >= 0.6 is 0 Å². The highest BCUT2D eigenvalue weighted by Crippen LogP contribution is 2.38. The first kappa shape index (κ1) is 33.1. The lowest BCUT2D eigenvalue weighted by Gasteiger charge is -2.29. The largest absolute Gasteiger partial charge is 0.480 e. The first-order valence-corrected chi connectivity index (χ1v) is 13.3. The van der Waals surface area contributed by atoms with Crippen LogP contribution in [0.2, 0.25) is 0 Å². The van der Waals surface area contributed by atoms with Gasteiger partial charge in [0.2, 0.25) is 0 Å². The Bertz CT molecular complexity index is 1000. The summed E-state index contributed by atoms with van der Waals surface area (Å²) in [6.07, 6.45) is 1.65. The van der Waals surface area contributed by atoms with Crippen molar-refractivity contribution in [3.05, 3.63) is 23.8 Å². The maximum Gasteiger partial charge on any atom is 0.321 e. The summed E-state index contributed by atoms with van der Waals surface area (Å²) >= 11 is 0. The van der Waals surface area contributed by atoms with E-state index in [4.69, 9.17) is 19.9 Å². The van der Waals surface area contributed by atoms with Crippen LogP contribution in [0.15, 0.2) is 18.2 Å². The molecule has 3 N–H and O–H groups in total. The van der Waals surface area contributed by atoms with Crippen LogP contribution in [-0.2, 0) is 23.9 Å². The number of carbonyl (C=O) groups is 4. The molecule has 0 aliphatic carbocycles. The molecule has 4 atom stereocenters. The number of hydrogen-bond acceptors (Lipinski definition) is 8. The van der Waals surface area contributed by atoms with Gasteiger partial charge in [0, 0.05) is 5.92 Å². The van der Waals surface area contributed by atoms with Gasteiger partial charge in [-0.3, -0.25) is 19.2 Å². The first-order valence-electron chi connectivity index (χ1n) is 13.3. The number of carboxylic acid groups (broad SMARTS) is 1. The van der Waals surface area contributed by atoms with Crippen molar-refractivity contribution in [2.45, 2.75) is 93.5 Å². The molecule has 0 aliphatic heterocycles. The molecule has 3 unspecified atom stereocenters. The van der Waals surface area contributed by atoms with E-state index < -0.39 is 46.6 Å². The Morgan fingerprint density at radius 2 is 1.39 bits per heavy atom. The summed E-state index contributed by atoms with van der Waals surface area (Å²) in [6, 6.07) is 3.20. The summed E-state index contributed by atoms with van der Waals surface area (Å²) < 4.78 is 16.8. The minimum atomic E-state index is -1.34. The van der Waals surface area contributed by atoms with Gasteiger partial charge in [-0.15, -0.1) is 0 Å². The van der Waals surface area contributed by atoms with E-state index in [-0.39, 0.29) is 30.0 Å². The fraction of sp³-hybridized carbons (Fsp3) is 0.655. The predicted molar refractivity (Wildman–Crippen MR) is 144 cm³/mol. The van der Waals surface area contributed by atoms with Crippen molar-refractivity contribution in [1.82, 2.24) is 0 Å². The Balaban J connectivity index is 3.53. The van der Waals surface area contributed by atoms with E-state index in [0.717, 1.165) is 0 Å². The fourth-order valence-corrected chi connectivity index (χ4v) is 3.33. The highest BCUT2D eigenvalue weighted by atomic mass is 16.6. The van der Waals surface area contributed by atoms with Gasteiger partial charge >= 0.3 is 23.9 Å². The summed E-state index contributed by atoms with van der Waals surface area (Å²) in [6.45, 7) is 16.0. The van der Waals surface area contributed by atoms with E-state index in [2.05, 4.69) is 0 Å². The topological polar surface area (TPSA) is 142 Å². The Morgan fingerprint density at radius 3 is 1.84 bits per heavy atom. The summed E-state index contributed by atoms with van der Waals surface area (Å²) in [7, 11) is 0. The SMILES string of the molecule is CCC(C)C(=O)OCC(C)C(c1ccc(OC(=O)C(C)(C)CC)c(OC(=O)C(C)(C)CC)c1)[C@H](N)C(=O)O. The van der Waals surface area contributed by atoms with E-state index in [0.29, 0.717) is 24.8 Å². The summed E-state index contributed by atoms with van der Waals surface area (Å²) in [5, 5.41) is 9.72. The third kappa shape index (κ3) is 8.55. The van der Waals surface area contributed by atoms with Gasteiger partial charge in [-0.2, -0.15) is 0 Å². The number of esters is 3. The standard InChI is InChI=1S/C29H45NO8/c1-10-17(4)25(33)36-16-18(5)22(23(30)24(31)32)19-13-14-20(37-26(34)28(6,7)11-2)21(15-19)38-27(35)29(8,9)12-3/h13-15,17-18,22-23H,10-12,16,30H2,1-9H3,(H,31,32)/t17?,18?,22?,23-/m0/s1. The lowest BCUT2D eigenvalue weighted by molar-refractivity contribution is -0.149. The van der Waals surface area contributed by atoms with E-state index in [1.165, 1.54) is 12.1 Å². The average molecular weight is 536 g/mol. The zero-order chi connectivity index (χ0) is 29.4. The molecule has 0 radical (unpaired) electrons. The molecule has 0 amide bonds. The molecule has 38 heavy (non-hydrogen) atoms. The smallest absolute Gasteiger partial charge is 0.321 e. The van der Waals surface area contributed by atoms with Crippen molar-refractivity contribution < 1.29 is 38.5 Å². The third-order valence-electron chi connectivity index (χ3n) is 7.42. The van der Waals surface area contributed by atoms with E-state index in [1.807, 2.05) is 20.8 Å². The molecule has 1 aromatic carbocycles. The van der Waals surface area contributed by atoms with Crippen LogP contribution in [-0.4, -0.2) is 41.6 Å². The molecule has 0 saturated carbocycles.